The first-order valence-electron chi connectivity index (χ1n) is 4.01. The Hall–Kier alpha value is -0.0800. The summed E-state index contributed by atoms with van der Waals surface area (Å²) in [5, 5.41) is 9.51. The second-order valence-corrected chi connectivity index (χ2v) is 4.18. The summed E-state index contributed by atoms with van der Waals surface area (Å²) >= 11 is 0. The molecular weight excluding hydrogens is 126 g/mol. The lowest BCUT2D eigenvalue weighted by Crippen LogP contribution is -2.48. The summed E-state index contributed by atoms with van der Waals surface area (Å²) in [4.78, 5) is 0. The molecule has 0 heterocycles. The second-order valence-electron chi connectivity index (χ2n) is 4.18. The first kappa shape index (κ1) is 8.02. The monoisotopic (exact) mass is 144 g/mol. The number of likely N-dealkylation sites (N-methyl/N-ethyl adjacent to an activating group) is 1. The van der Waals surface area contributed by atoms with Gasteiger partial charge in [-0.15, -0.1) is 0 Å². The Morgan fingerprint density at radius 1 is 1.20 bits per heavy atom. The zero-order valence-corrected chi connectivity index (χ0v) is 7.17. The molecule has 0 aromatic rings. The fraction of sp³-hybridized carbons (Fsp3) is 1.00. The van der Waals surface area contributed by atoms with Gasteiger partial charge in [-0.3, -0.25) is 0 Å². The van der Waals surface area contributed by atoms with Gasteiger partial charge in [0, 0.05) is 6.42 Å². The van der Waals surface area contributed by atoms with Crippen molar-refractivity contribution in [1.82, 2.24) is 0 Å². The van der Waals surface area contributed by atoms with Gasteiger partial charge in [-0.05, 0) is 12.8 Å². The molecule has 0 unspecified atom stereocenters. The van der Waals surface area contributed by atoms with Crippen LogP contribution in [0.5, 0.6) is 0 Å². The van der Waals surface area contributed by atoms with E-state index in [0.29, 0.717) is 6.04 Å². The van der Waals surface area contributed by atoms with E-state index in [1.807, 2.05) is 0 Å². The third-order valence-electron chi connectivity index (χ3n) is 2.44. The van der Waals surface area contributed by atoms with Crippen LogP contribution in [0, 0.1) is 0 Å². The molecule has 2 nitrogen and oxygen atoms in total. The quantitative estimate of drug-likeness (QED) is 0.534. The van der Waals surface area contributed by atoms with E-state index in [-0.39, 0.29) is 6.10 Å². The molecule has 0 aromatic carbocycles. The molecule has 1 rings (SSSR count). The molecule has 0 aromatic heterocycles. The van der Waals surface area contributed by atoms with Gasteiger partial charge >= 0.3 is 0 Å². The normalized spacial score (nSPS) is 34.8. The number of aliphatic hydroxyl groups excluding tert-OH is 1. The lowest BCUT2D eigenvalue weighted by Gasteiger charge is -2.33. The SMILES string of the molecule is C[N+](C)(C)[C@@H]1CCC[C@H]1O. The van der Waals surface area contributed by atoms with Crippen LogP contribution in [0.15, 0.2) is 0 Å². The van der Waals surface area contributed by atoms with Gasteiger partial charge < -0.3 is 9.59 Å². The van der Waals surface area contributed by atoms with Gasteiger partial charge in [0.2, 0.25) is 0 Å². The third kappa shape index (κ3) is 1.50. The van der Waals surface area contributed by atoms with Crippen LogP contribution < -0.4 is 0 Å². The average molecular weight is 144 g/mol. The molecule has 1 saturated carbocycles. The maximum atomic E-state index is 9.51. The molecule has 0 aliphatic heterocycles. The summed E-state index contributed by atoms with van der Waals surface area (Å²) in [5.41, 5.74) is 0. The van der Waals surface area contributed by atoms with Crippen molar-refractivity contribution >= 4 is 0 Å². The highest BCUT2D eigenvalue weighted by atomic mass is 16.3. The third-order valence-corrected chi connectivity index (χ3v) is 2.44. The highest BCUT2D eigenvalue weighted by Crippen LogP contribution is 2.25. The summed E-state index contributed by atoms with van der Waals surface area (Å²) in [6.07, 6.45) is 3.33. The summed E-state index contributed by atoms with van der Waals surface area (Å²) in [5.74, 6) is 0. The number of aliphatic hydroxyl groups is 1. The van der Waals surface area contributed by atoms with Crippen molar-refractivity contribution in [1.29, 1.82) is 0 Å². The Balaban J connectivity index is 2.55. The van der Waals surface area contributed by atoms with Crippen molar-refractivity contribution in [2.45, 2.75) is 31.4 Å². The fourth-order valence-corrected chi connectivity index (χ4v) is 1.82. The molecule has 1 aliphatic carbocycles. The van der Waals surface area contributed by atoms with E-state index in [9.17, 15) is 5.11 Å². The maximum Gasteiger partial charge on any atom is 0.115 e. The van der Waals surface area contributed by atoms with Crippen LogP contribution in [-0.2, 0) is 0 Å². The van der Waals surface area contributed by atoms with Crippen molar-refractivity contribution in [3.05, 3.63) is 0 Å². The summed E-state index contributed by atoms with van der Waals surface area (Å²) < 4.78 is 0.904. The van der Waals surface area contributed by atoms with E-state index in [4.69, 9.17) is 0 Å². The Kier molecular flexibility index (Phi) is 2.02. The Labute approximate surface area is 63.1 Å². The largest absolute Gasteiger partial charge is 0.387 e. The molecule has 0 radical (unpaired) electrons. The lowest BCUT2D eigenvalue weighted by atomic mass is 10.2. The number of hydrogen-bond donors (Lipinski definition) is 1. The van der Waals surface area contributed by atoms with E-state index < -0.39 is 0 Å². The second kappa shape index (κ2) is 2.51. The van der Waals surface area contributed by atoms with Crippen LogP contribution in [0.2, 0.25) is 0 Å². The van der Waals surface area contributed by atoms with E-state index in [1.165, 1.54) is 12.8 Å². The molecule has 10 heavy (non-hydrogen) atoms. The molecule has 0 saturated heterocycles. The van der Waals surface area contributed by atoms with Gasteiger partial charge in [-0.1, -0.05) is 0 Å². The molecular formula is C8H18NO+. The number of nitrogens with zero attached hydrogens (tertiary/aromatic N) is 1. The predicted molar refractivity (Wildman–Crippen MR) is 41.7 cm³/mol. The molecule has 2 heteroatoms. The summed E-state index contributed by atoms with van der Waals surface area (Å²) in [6, 6.07) is 0.472. The van der Waals surface area contributed by atoms with Gasteiger partial charge in [0.25, 0.3) is 0 Å². The standard InChI is InChI=1S/C8H18NO/c1-9(2,3)7-5-4-6-8(7)10/h7-8,10H,4-6H2,1-3H3/q+1/t7-,8-/m1/s1. The average Bonchev–Trinajstić information content (AvgIpc) is 2.11. The Morgan fingerprint density at radius 3 is 2.00 bits per heavy atom. The van der Waals surface area contributed by atoms with Crippen molar-refractivity contribution in [2.24, 2.45) is 0 Å². The van der Waals surface area contributed by atoms with E-state index >= 15 is 0 Å². The zero-order chi connectivity index (χ0) is 7.78. The highest BCUT2D eigenvalue weighted by Gasteiger charge is 2.35. The van der Waals surface area contributed by atoms with Crippen LogP contribution in [0.25, 0.3) is 0 Å². The van der Waals surface area contributed by atoms with Crippen molar-refractivity contribution < 1.29 is 9.59 Å². The number of hydrogen-bond acceptors (Lipinski definition) is 1. The van der Waals surface area contributed by atoms with Crippen molar-refractivity contribution in [3.63, 3.8) is 0 Å². The molecule has 2 atom stereocenters. The molecule has 0 amide bonds. The molecule has 0 spiro atoms. The Bertz CT molecular complexity index is 117. The lowest BCUT2D eigenvalue weighted by molar-refractivity contribution is -0.898. The minimum absolute atomic E-state index is 0.0556. The van der Waals surface area contributed by atoms with Crippen LogP contribution in [0.1, 0.15) is 19.3 Å². The molecule has 1 aliphatic rings. The predicted octanol–water partition coefficient (Wildman–Crippen LogP) is 0.606. The minimum Gasteiger partial charge on any atom is -0.387 e. The number of rotatable bonds is 1. The maximum absolute atomic E-state index is 9.51. The van der Waals surface area contributed by atoms with Crippen LogP contribution >= 0.6 is 0 Å². The van der Waals surface area contributed by atoms with Crippen LogP contribution in [0.3, 0.4) is 0 Å². The van der Waals surface area contributed by atoms with Gasteiger partial charge in [0.15, 0.2) is 0 Å². The van der Waals surface area contributed by atoms with E-state index in [2.05, 4.69) is 21.1 Å². The van der Waals surface area contributed by atoms with E-state index in [0.717, 1.165) is 10.9 Å². The van der Waals surface area contributed by atoms with E-state index in [1.54, 1.807) is 0 Å². The smallest absolute Gasteiger partial charge is 0.115 e. The van der Waals surface area contributed by atoms with Gasteiger partial charge in [-0.2, -0.15) is 0 Å². The van der Waals surface area contributed by atoms with Gasteiger partial charge in [-0.25, -0.2) is 0 Å². The van der Waals surface area contributed by atoms with Gasteiger partial charge in [0.05, 0.1) is 21.1 Å². The van der Waals surface area contributed by atoms with Gasteiger partial charge in [0.1, 0.15) is 12.1 Å². The molecule has 1 N–H and O–H groups in total. The summed E-state index contributed by atoms with van der Waals surface area (Å²) in [6.45, 7) is 0. The highest BCUT2D eigenvalue weighted by molar-refractivity contribution is 4.76. The zero-order valence-electron chi connectivity index (χ0n) is 7.17. The van der Waals surface area contributed by atoms with Crippen LogP contribution in [0.4, 0.5) is 0 Å². The minimum atomic E-state index is -0.0556. The Morgan fingerprint density at radius 2 is 1.80 bits per heavy atom. The number of quaternary nitrogens is 1. The topological polar surface area (TPSA) is 20.2 Å². The molecule has 0 bridgehead atoms. The fourth-order valence-electron chi connectivity index (χ4n) is 1.82. The molecule has 60 valence electrons. The first-order chi connectivity index (χ1) is 4.52. The van der Waals surface area contributed by atoms with Crippen molar-refractivity contribution in [2.75, 3.05) is 21.1 Å². The molecule has 1 fully saturated rings. The van der Waals surface area contributed by atoms with Crippen molar-refractivity contribution in [3.8, 4) is 0 Å². The summed E-state index contributed by atoms with van der Waals surface area (Å²) in [7, 11) is 6.46. The first-order valence-corrected chi connectivity index (χ1v) is 4.01. The van der Waals surface area contributed by atoms with Crippen LogP contribution in [-0.4, -0.2) is 42.9 Å².